The monoisotopic (exact) mass is 179 g/mol. The van der Waals surface area contributed by atoms with Crippen molar-refractivity contribution in [3.8, 4) is 12.3 Å². The number of terminal acetylenes is 1. The number of hydrogen-bond acceptors (Lipinski definition) is 4. The van der Waals surface area contributed by atoms with E-state index < -0.39 is 0 Å². The average Bonchev–Trinajstić information content (AvgIpc) is 2.52. The molecule has 0 aliphatic rings. The van der Waals surface area contributed by atoms with E-state index in [0.29, 0.717) is 19.6 Å². The normalized spacial score (nSPS) is 10.3. The van der Waals surface area contributed by atoms with Crippen LogP contribution in [0.1, 0.15) is 11.5 Å². The lowest BCUT2D eigenvalue weighted by Gasteiger charge is -2.09. The van der Waals surface area contributed by atoms with E-state index in [1.165, 1.54) is 0 Å². The summed E-state index contributed by atoms with van der Waals surface area (Å²) >= 11 is 0. The van der Waals surface area contributed by atoms with Gasteiger partial charge in [-0.05, 0) is 7.05 Å². The van der Waals surface area contributed by atoms with E-state index in [0.717, 1.165) is 11.5 Å². The van der Waals surface area contributed by atoms with Gasteiger partial charge in [-0.15, -0.1) is 6.42 Å². The van der Waals surface area contributed by atoms with Gasteiger partial charge < -0.3 is 10.3 Å². The van der Waals surface area contributed by atoms with Crippen LogP contribution >= 0.6 is 0 Å². The number of aromatic nitrogens is 1. The first-order valence-corrected chi connectivity index (χ1v) is 4.02. The second-order valence-electron chi connectivity index (χ2n) is 2.87. The molecule has 0 fully saturated rings. The first kappa shape index (κ1) is 9.78. The van der Waals surface area contributed by atoms with Crippen molar-refractivity contribution < 1.29 is 4.52 Å². The molecule has 0 aliphatic carbocycles. The largest absolute Gasteiger partial charge is 0.360 e. The Balaban J connectivity index is 2.49. The highest BCUT2D eigenvalue weighted by atomic mass is 16.5. The molecule has 0 amide bonds. The molecule has 0 aromatic carbocycles. The summed E-state index contributed by atoms with van der Waals surface area (Å²) in [5.41, 5.74) is 6.15. The van der Waals surface area contributed by atoms with Crippen LogP contribution in [0.5, 0.6) is 0 Å². The van der Waals surface area contributed by atoms with Gasteiger partial charge in [0.05, 0.1) is 18.8 Å². The van der Waals surface area contributed by atoms with E-state index in [1.807, 2.05) is 18.0 Å². The summed E-state index contributed by atoms with van der Waals surface area (Å²) in [6.45, 7) is 1.66. The maximum atomic E-state index is 5.38. The fourth-order valence-corrected chi connectivity index (χ4v) is 1.00. The molecule has 0 saturated heterocycles. The number of rotatable bonds is 4. The van der Waals surface area contributed by atoms with Crippen LogP contribution in [0.4, 0.5) is 0 Å². The Hall–Kier alpha value is -1.31. The lowest BCUT2D eigenvalue weighted by Crippen LogP contribution is -2.17. The summed E-state index contributed by atoms with van der Waals surface area (Å²) in [4.78, 5) is 1.96. The lowest BCUT2D eigenvalue weighted by atomic mass is 10.3. The molecular formula is C9H13N3O. The summed E-state index contributed by atoms with van der Waals surface area (Å²) < 4.78 is 5.03. The second kappa shape index (κ2) is 4.65. The fraction of sp³-hybridized carbons (Fsp3) is 0.444. The molecule has 0 spiro atoms. The summed E-state index contributed by atoms with van der Waals surface area (Å²) in [5, 5.41) is 3.77. The summed E-state index contributed by atoms with van der Waals surface area (Å²) in [6, 6.07) is 1.84. The molecule has 0 saturated carbocycles. The smallest absolute Gasteiger partial charge is 0.151 e. The number of nitrogens with two attached hydrogens (primary N) is 1. The molecule has 13 heavy (non-hydrogen) atoms. The van der Waals surface area contributed by atoms with Gasteiger partial charge in [-0.25, -0.2) is 0 Å². The topological polar surface area (TPSA) is 55.3 Å². The maximum absolute atomic E-state index is 5.38. The third kappa shape index (κ3) is 2.90. The highest BCUT2D eigenvalue weighted by molar-refractivity contribution is 5.05. The van der Waals surface area contributed by atoms with E-state index >= 15 is 0 Å². The quantitative estimate of drug-likeness (QED) is 0.671. The molecule has 0 atom stereocenters. The van der Waals surface area contributed by atoms with Crippen LogP contribution in [0.2, 0.25) is 0 Å². The molecule has 4 heteroatoms. The Morgan fingerprint density at radius 1 is 1.77 bits per heavy atom. The Morgan fingerprint density at radius 2 is 2.54 bits per heavy atom. The van der Waals surface area contributed by atoms with E-state index in [9.17, 15) is 0 Å². The van der Waals surface area contributed by atoms with Crippen LogP contribution < -0.4 is 5.73 Å². The third-order valence-corrected chi connectivity index (χ3v) is 1.60. The Morgan fingerprint density at radius 3 is 3.08 bits per heavy atom. The van der Waals surface area contributed by atoms with Crippen molar-refractivity contribution in [2.45, 2.75) is 13.1 Å². The van der Waals surface area contributed by atoms with Crippen molar-refractivity contribution in [2.75, 3.05) is 13.6 Å². The van der Waals surface area contributed by atoms with Crippen LogP contribution in [0.25, 0.3) is 0 Å². The number of nitrogens with zero attached hydrogens (tertiary/aromatic N) is 2. The van der Waals surface area contributed by atoms with E-state index in [-0.39, 0.29) is 0 Å². The van der Waals surface area contributed by atoms with E-state index in [2.05, 4.69) is 11.1 Å². The highest BCUT2D eigenvalue weighted by Gasteiger charge is 2.04. The zero-order valence-electron chi connectivity index (χ0n) is 7.66. The minimum atomic E-state index is 0.405. The van der Waals surface area contributed by atoms with Gasteiger partial charge in [-0.2, -0.15) is 0 Å². The summed E-state index contributed by atoms with van der Waals surface area (Å²) in [7, 11) is 1.92. The van der Waals surface area contributed by atoms with Gasteiger partial charge in [0.2, 0.25) is 0 Å². The predicted octanol–water partition coefficient (Wildman–Crippen LogP) is 0.198. The van der Waals surface area contributed by atoms with Gasteiger partial charge in [-0.3, -0.25) is 4.90 Å². The first-order chi connectivity index (χ1) is 6.26. The predicted molar refractivity (Wildman–Crippen MR) is 49.6 cm³/mol. The molecule has 2 N–H and O–H groups in total. The van der Waals surface area contributed by atoms with Crippen molar-refractivity contribution in [3.63, 3.8) is 0 Å². The summed E-state index contributed by atoms with van der Waals surface area (Å²) in [6.07, 6.45) is 5.16. The minimum Gasteiger partial charge on any atom is -0.360 e. The molecule has 70 valence electrons. The SMILES string of the molecule is C#CCN(C)Cc1cc(CN)no1. The molecule has 0 bridgehead atoms. The first-order valence-electron chi connectivity index (χ1n) is 4.02. The van der Waals surface area contributed by atoms with Crippen LogP contribution in [-0.4, -0.2) is 23.6 Å². The fourth-order valence-electron chi connectivity index (χ4n) is 1.00. The molecular weight excluding hydrogens is 166 g/mol. The molecule has 4 nitrogen and oxygen atoms in total. The molecule has 0 unspecified atom stereocenters. The molecule has 1 heterocycles. The standard InChI is InChI=1S/C9H13N3O/c1-3-4-12(2)7-9-5-8(6-10)11-13-9/h1,5H,4,6-7,10H2,2H3. The van der Waals surface area contributed by atoms with Gasteiger partial charge in [0.15, 0.2) is 5.76 Å². The van der Waals surface area contributed by atoms with Gasteiger partial charge in [-0.1, -0.05) is 11.1 Å². The van der Waals surface area contributed by atoms with Crippen LogP contribution in [0, 0.1) is 12.3 Å². The minimum absolute atomic E-state index is 0.405. The van der Waals surface area contributed by atoms with Crippen LogP contribution in [0.15, 0.2) is 10.6 Å². The van der Waals surface area contributed by atoms with Crippen molar-refractivity contribution in [3.05, 3.63) is 17.5 Å². The zero-order chi connectivity index (χ0) is 9.68. The van der Waals surface area contributed by atoms with E-state index in [1.54, 1.807) is 0 Å². The highest BCUT2D eigenvalue weighted by Crippen LogP contribution is 2.05. The van der Waals surface area contributed by atoms with Gasteiger partial charge in [0, 0.05) is 12.6 Å². The Bertz CT molecular complexity index is 300. The molecule has 1 aromatic rings. The molecule has 0 radical (unpaired) electrons. The lowest BCUT2D eigenvalue weighted by molar-refractivity contribution is 0.293. The summed E-state index contributed by atoms with van der Waals surface area (Å²) in [5.74, 6) is 3.34. The Kier molecular flexibility index (Phi) is 3.50. The van der Waals surface area contributed by atoms with Crippen LogP contribution in [0.3, 0.4) is 0 Å². The zero-order valence-corrected chi connectivity index (χ0v) is 7.66. The van der Waals surface area contributed by atoms with E-state index in [4.69, 9.17) is 16.7 Å². The van der Waals surface area contributed by atoms with Gasteiger partial charge in [0.25, 0.3) is 0 Å². The third-order valence-electron chi connectivity index (χ3n) is 1.60. The van der Waals surface area contributed by atoms with Gasteiger partial charge >= 0.3 is 0 Å². The molecule has 1 rings (SSSR count). The second-order valence-corrected chi connectivity index (χ2v) is 2.87. The van der Waals surface area contributed by atoms with Crippen molar-refractivity contribution in [1.29, 1.82) is 0 Å². The van der Waals surface area contributed by atoms with Gasteiger partial charge in [0.1, 0.15) is 0 Å². The molecule has 0 aliphatic heterocycles. The Labute approximate surface area is 77.7 Å². The molecule has 1 aromatic heterocycles. The van der Waals surface area contributed by atoms with Crippen molar-refractivity contribution >= 4 is 0 Å². The number of hydrogen-bond donors (Lipinski definition) is 1. The van der Waals surface area contributed by atoms with Crippen molar-refractivity contribution in [1.82, 2.24) is 10.1 Å². The average molecular weight is 179 g/mol. The maximum Gasteiger partial charge on any atom is 0.151 e. The van der Waals surface area contributed by atoms with Crippen molar-refractivity contribution in [2.24, 2.45) is 5.73 Å². The van der Waals surface area contributed by atoms with Crippen LogP contribution in [-0.2, 0) is 13.1 Å².